The molecule has 7 heteroatoms. The Morgan fingerprint density at radius 2 is 2.15 bits per heavy atom. The van der Waals surface area contributed by atoms with Crippen LogP contribution in [0.3, 0.4) is 0 Å². The van der Waals surface area contributed by atoms with Gasteiger partial charge < -0.3 is 10.2 Å². The van der Waals surface area contributed by atoms with Crippen LogP contribution in [0.15, 0.2) is 35.5 Å². The number of anilines is 1. The van der Waals surface area contributed by atoms with Crippen LogP contribution in [-0.2, 0) is 16.0 Å². The first-order valence-electron chi connectivity index (χ1n) is 8.52. The Bertz CT molecular complexity index is 894. The lowest BCUT2D eigenvalue weighted by molar-refractivity contribution is -0.127. The van der Waals surface area contributed by atoms with E-state index in [0.717, 1.165) is 29.0 Å². The monoisotopic (exact) mass is 366 g/mol. The second-order valence-corrected chi connectivity index (χ2v) is 7.30. The number of amides is 2. The first kappa shape index (κ1) is 16.7. The number of pyridine rings is 1. The summed E-state index contributed by atoms with van der Waals surface area (Å²) in [5.74, 6) is 0.634. The van der Waals surface area contributed by atoms with E-state index in [1.54, 1.807) is 40.8 Å². The molecule has 0 unspecified atom stereocenters. The number of fused-ring (bicyclic) bond motifs is 1. The van der Waals surface area contributed by atoms with Gasteiger partial charge in [0.05, 0.1) is 0 Å². The number of rotatable bonds is 3. The number of carbonyl (C=O) groups excluding carboxylic acids is 2. The predicted molar refractivity (Wildman–Crippen MR) is 102 cm³/mol. The van der Waals surface area contributed by atoms with E-state index in [1.807, 2.05) is 17.5 Å². The topological polar surface area (TPSA) is 75.2 Å². The van der Waals surface area contributed by atoms with Crippen molar-refractivity contribution in [1.29, 1.82) is 0 Å². The summed E-state index contributed by atoms with van der Waals surface area (Å²) in [4.78, 5) is 34.1. The Morgan fingerprint density at radius 3 is 2.96 bits per heavy atom. The molecular formula is C19H18N4O2S. The third kappa shape index (κ3) is 3.72. The van der Waals surface area contributed by atoms with E-state index in [0.29, 0.717) is 25.3 Å². The van der Waals surface area contributed by atoms with Gasteiger partial charge in [0.1, 0.15) is 10.8 Å². The second kappa shape index (κ2) is 7.21. The van der Waals surface area contributed by atoms with Crippen LogP contribution in [-0.4, -0.2) is 39.8 Å². The molecular weight excluding hydrogens is 348 g/mol. The maximum absolute atomic E-state index is 12.3. The smallest absolute Gasteiger partial charge is 0.247 e. The highest BCUT2D eigenvalue weighted by Gasteiger charge is 2.23. The number of hydrogen-bond acceptors (Lipinski definition) is 5. The Balaban J connectivity index is 1.37. The van der Waals surface area contributed by atoms with E-state index < -0.39 is 0 Å². The van der Waals surface area contributed by atoms with Crippen LogP contribution in [0.2, 0.25) is 0 Å². The van der Waals surface area contributed by atoms with Crippen molar-refractivity contribution < 1.29 is 9.59 Å². The quantitative estimate of drug-likeness (QED) is 0.848. The average Bonchev–Trinajstić information content (AvgIpc) is 3.03. The summed E-state index contributed by atoms with van der Waals surface area (Å²) >= 11 is 1.59. The van der Waals surface area contributed by atoms with Crippen LogP contribution in [0.1, 0.15) is 29.0 Å². The van der Waals surface area contributed by atoms with E-state index in [-0.39, 0.29) is 11.8 Å². The molecule has 1 fully saturated rings. The highest BCUT2D eigenvalue weighted by Crippen LogP contribution is 2.22. The molecule has 2 aromatic heterocycles. The van der Waals surface area contributed by atoms with Crippen molar-refractivity contribution in [3.63, 3.8) is 0 Å². The SMILES string of the molecule is O=C1CCCc2cc(C=CC(=O)N3CC(=Cc4nccs4)C3)cnc2N1. The van der Waals surface area contributed by atoms with Crippen LogP contribution in [0.5, 0.6) is 0 Å². The van der Waals surface area contributed by atoms with Gasteiger partial charge in [0.2, 0.25) is 11.8 Å². The van der Waals surface area contributed by atoms with Crippen molar-refractivity contribution in [2.45, 2.75) is 19.3 Å². The first-order valence-corrected chi connectivity index (χ1v) is 9.40. The molecule has 0 bridgehead atoms. The van der Waals surface area contributed by atoms with Gasteiger partial charge in [-0.2, -0.15) is 0 Å². The van der Waals surface area contributed by atoms with E-state index >= 15 is 0 Å². The standard InChI is InChI=1S/C19H18N4O2S/c24-16-3-1-2-15-8-13(10-21-19(15)22-16)4-5-18(25)23-11-14(12-23)9-17-20-6-7-26-17/h4-10H,1-3,11-12H2,(H,21,22,24). The van der Waals surface area contributed by atoms with E-state index in [4.69, 9.17) is 0 Å². The highest BCUT2D eigenvalue weighted by molar-refractivity contribution is 7.10. The van der Waals surface area contributed by atoms with Gasteiger partial charge in [0, 0.05) is 43.4 Å². The molecule has 132 valence electrons. The van der Waals surface area contributed by atoms with Crippen LogP contribution in [0.25, 0.3) is 12.2 Å². The van der Waals surface area contributed by atoms with Gasteiger partial charge in [0.25, 0.3) is 0 Å². The first-order chi connectivity index (χ1) is 12.7. The molecule has 2 aliphatic rings. The lowest BCUT2D eigenvalue weighted by atomic mass is 10.1. The Labute approximate surface area is 155 Å². The van der Waals surface area contributed by atoms with E-state index in [1.165, 1.54) is 5.57 Å². The molecule has 0 spiro atoms. The number of nitrogens with zero attached hydrogens (tertiary/aromatic N) is 3. The van der Waals surface area contributed by atoms with Crippen LogP contribution in [0, 0.1) is 0 Å². The van der Waals surface area contributed by atoms with Crippen LogP contribution < -0.4 is 5.32 Å². The maximum Gasteiger partial charge on any atom is 0.247 e. The fraction of sp³-hybridized carbons (Fsp3) is 0.263. The minimum atomic E-state index is -0.00969. The molecule has 2 aromatic rings. The van der Waals surface area contributed by atoms with Gasteiger partial charge in [-0.15, -0.1) is 11.3 Å². The van der Waals surface area contributed by atoms with Crippen molar-refractivity contribution in [3.8, 4) is 0 Å². The zero-order valence-electron chi connectivity index (χ0n) is 14.1. The summed E-state index contributed by atoms with van der Waals surface area (Å²) in [5.41, 5.74) is 3.10. The molecule has 2 aliphatic heterocycles. The summed E-state index contributed by atoms with van der Waals surface area (Å²) in [7, 11) is 0. The predicted octanol–water partition coefficient (Wildman–Crippen LogP) is 2.75. The van der Waals surface area contributed by atoms with Gasteiger partial charge in [-0.25, -0.2) is 9.97 Å². The minimum Gasteiger partial charge on any atom is -0.331 e. The highest BCUT2D eigenvalue weighted by atomic mass is 32.1. The normalized spacial score (nSPS) is 16.7. The minimum absolute atomic E-state index is 0.00844. The molecule has 0 atom stereocenters. The number of likely N-dealkylation sites (tertiary alicyclic amines) is 1. The van der Waals surface area contributed by atoms with Crippen molar-refractivity contribution in [2.75, 3.05) is 18.4 Å². The van der Waals surface area contributed by atoms with Crippen molar-refractivity contribution in [2.24, 2.45) is 0 Å². The van der Waals surface area contributed by atoms with Gasteiger partial charge in [-0.05, 0) is 47.8 Å². The van der Waals surface area contributed by atoms with Crippen LogP contribution >= 0.6 is 11.3 Å². The van der Waals surface area contributed by atoms with E-state index in [9.17, 15) is 9.59 Å². The summed E-state index contributed by atoms with van der Waals surface area (Å²) in [6.45, 7) is 1.30. The Hall–Kier alpha value is -2.80. The zero-order valence-corrected chi connectivity index (χ0v) is 15.0. The molecule has 0 radical (unpaired) electrons. The second-order valence-electron chi connectivity index (χ2n) is 6.38. The Kier molecular flexibility index (Phi) is 4.62. The third-order valence-corrected chi connectivity index (χ3v) is 5.12. The molecule has 2 amide bonds. The molecule has 4 rings (SSSR count). The van der Waals surface area contributed by atoms with Gasteiger partial charge in [-0.1, -0.05) is 0 Å². The number of aromatic nitrogens is 2. The number of aryl methyl sites for hydroxylation is 1. The van der Waals surface area contributed by atoms with Gasteiger partial charge >= 0.3 is 0 Å². The molecule has 6 nitrogen and oxygen atoms in total. The molecule has 26 heavy (non-hydrogen) atoms. The van der Waals surface area contributed by atoms with Crippen molar-refractivity contribution >= 4 is 41.1 Å². The molecule has 0 aromatic carbocycles. The fourth-order valence-corrected chi connectivity index (χ4v) is 3.62. The lowest BCUT2D eigenvalue weighted by Gasteiger charge is -2.33. The molecule has 0 saturated carbocycles. The largest absolute Gasteiger partial charge is 0.331 e. The number of thiazole rings is 1. The summed E-state index contributed by atoms with van der Waals surface area (Å²) in [6.07, 6.45) is 11.0. The fourth-order valence-electron chi connectivity index (χ4n) is 3.00. The zero-order chi connectivity index (χ0) is 17.9. The van der Waals surface area contributed by atoms with E-state index in [2.05, 4.69) is 15.3 Å². The maximum atomic E-state index is 12.3. The van der Waals surface area contributed by atoms with Gasteiger partial charge in [0.15, 0.2) is 0 Å². The molecule has 4 heterocycles. The molecule has 0 aliphatic carbocycles. The number of hydrogen-bond donors (Lipinski definition) is 1. The van der Waals surface area contributed by atoms with Crippen molar-refractivity contribution in [3.05, 3.63) is 51.6 Å². The van der Waals surface area contributed by atoms with Crippen molar-refractivity contribution in [1.82, 2.24) is 14.9 Å². The summed E-state index contributed by atoms with van der Waals surface area (Å²) in [6, 6.07) is 1.99. The summed E-state index contributed by atoms with van der Waals surface area (Å²) in [5, 5.41) is 5.73. The third-order valence-electron chi connectivity index (χ3n) is 4.39. The molecule has 1 N–H and O–H groups in total. The number of nitrogens with one attached hydrogen (secondary N) is 1. The number of carbonyl (C=O) groups is 2. The Morgan fingerprint density at radius 1 is 1.27 bits per heavy atom. The average molecular weight is 366 g/mol. The van der Waals surface area contributed by atoms with Gasteiger partial charge in [-0.3, -0.25) is 9.59 Å². The van der Waals surface area contributed by atoms with Crippen LogP contribution in [0.4, 0.5) is 5.82 Å². The summed E-state index contributed by atoms with van der Waals surface area (Å²) < 4.78 is 0. The lowest BCUT2D eigenvalue weighted by Crippen LogP contribution is -2.43. The molecule has 1 saturated heterocycles.